The van der Waals surface area contributed by atoms with E-state index in [2.05, 4.69) is 9.97 Å². The van der Waals surface area contributed by atoms with Crippen molar-refractivity contribution in [1.29, 1.82) is 0 Å². The molecule has 2 aromatic rings. The van der Waals surface area contributed by atoms with Crippen LogP contribution in [-0.4, -0.2) is 25.6 Å². The molecule has 0 spiro atoms. The zero-order valence-electron chi connectivity index (χ0n) is 8.04. The first-order valence-electron chi connectivity index (χ1n) is 4.32. The van der Waals surface area contributed by atoms with E-state index in [-0.39, 0.29) is 5.69 Å². The van der Waals surface area contributed by atoms with Crippen molar-refractivity contribution in [3.63, 3.8) is 0 Å². The summed E-state index contributed by atoms with van der Waals surface area (Å²) < 4.78 is 1.92. The van der Waals surface area contributed by atoms with Crippen molar-refractivity contribution in [1.82, 2.24) is 14.5 Å². The monoisotopic (exact) mass is 223 g/mol. The van der Waals surface area contributed by atoms with Gasteiger partial charge in [0.2, 0.25) is 0 Å². The highest BCUT2D eigenvalue weighted by Crippen LogP contribution is 2.12. The second-order valence-electron chi connectivity index (χ2n) is 3.03. The van der Waals surface area contributed by atoms with E-state index in [4.69, 9.17) is 5.11 Å². The highest BCUT2D eigenvalue weighted by Gasteiger charge is 2.09. The molecule has 2 rings (SSSR count). The van der Waals surface area contributed by atoms with Crippen LogP contribution in [0.5, 0.6) is 0 Å². The lowest BCUT2D eigenvalue weighted by atomic mass is 10.5. The lowest BCUT2D eigenvalue weighted by Crippen LogP contribution is -2.02. The minimum atomic E-state index is -0.986. The number of carbonyl (C=O) groups is 1. The fourth-order valence-corrected chi connectivity index (χ4v) is 1.96. The second-order valence-corrected chi connectivity index (χ2v) is 3.98. The van der Waals surface area contributed by atoms with Crippen molar-refractivity contribution in [2.24, 2.45) is 0 Å². The molecule has 6 heteroatoms. The molecule has 2 aromatic heterocycles. The molecule has 0 aromatic carbocycles. The van der Waals surface area contributed by atoms with Gasteiger partial charge in [-0.2, -0.15) is 0 Å². The van der Waals surface area contributed by atoms with Crippen LogP contribution in [0.2, 0.25) is 0 Å². The molecule has 0 radical (unpaired) electrons. The summed E-state index contributed by atoms with van der Waals surface area (Å²) in [6.07, 6.45) is 3.55. The summed E-state index contributed by atoms with van der Waals surface area (Å²) in [7, 11) is 0. The molecule has 0 bridgehead atoms. The van der Waals surface area contributed by atoms with Gasteiger partial charge in [-0.3, -0.25) is 0 Å². The summed E-state index contributed by atoms with van der Waals surface area (Å²) in [6.45, 7) is 2.47. The number of rotatable bonds is 3. The molecule has 78 valence electrons. The van der Waals surface area contributed by atoms with E-state index in [0.29, 0.717) is 6.54 Å². The lowest BCUT2D eigenvalue weighted by molar-refractivity contribution is 0.0691. The van der Waals surface area contributed by atoms with Crippen LogP contribution in [0.3, 0.4) is 0 Å². The van der Waals surface area contributed by atoms with Crippen molar-refractivity contribution < 1.29 is 9.90 Å². The Labute approximate surface area is 90.0 Å². The number of aromatic carboxylic acids is 1. The first-order chi connectivity index (χ1) is 7.16. The molecular weight excluding hydrogens is 214 g/mol. The lowest BCUT2D eigenvalue weighted by Gasteiger charge is -2.00. The molecule has 0 aliphatic carbocycles. The Bertz CT molecular complexity index is 489. The third-order valence-corrected chi connectivity index (χ3v) is 2.83. The highest BCUT2D eigenvalue weighted by molar-refractivity contribution is 7.09. The van der Waals surface area contributed by atoms with Gasteiger partial charge in [-0.15, -0.1) is 11.3 Å². The van der Waals surface area contributed by atoms with Crippen LogP contribution < -0.4 is 0 Å². The molecule has 0 saturated heterocycles. The summed E-state index contributed by atoms with van der Waals surface area (Å²) in [4.78, 5) is 18.7. The number of carboxylic acids is 1. The van der Waals surface area contributed by atoms with Gasteiger partial charge in [-0.1, -0.05) is 0 Å². The maximum absolute atomic E-state index is 10.6. The van der Waals surface area contributed by atoms with Crippen LogP contribution in [0.15, 0.2) is 17.8 Å². The molecule has 0 unspecified atom stereocenters. The van der Waals surface area contributed by atoms with Crippen LogP contribution in [0, 0.1) is 6.92 Å². The smallest absolute Gasteiger partial charge is 0.355 e. The van der Waals surface area contributed by atoms with E-state index >= 15 is 0 Å². The Morgan fingerprint density at radius 3 is 3.00 bits per heavy atom. The molecule has 5 nitrogen and oxygen atoms in total. The molecule has 0 fully saturated rings. The van der Waals surface area contributed by atoms with Crippen molar-refractivity contribution >= 4 is 17.3 Å². The average molecular weight is 223 g/mol. The van der Waals surface area contributed by atoms with Crippen molar-refractivity contribution in [3.8, 4) is 0 Å². The number of hydrogen-bond donors (Lipinski definition) is 1. The summed E-state index contributed by atoms with van der Waals surface area (Å²) in [5, 5.41) is 11.0. The first-order valence-corrected chi connectivity index (χ1v) is 5.20. The maximum atomic E-state index is 10.6. The van der Waals surface area contributed by atoms with E-state index in [1.165, 1.54) is 11.3 Å². The van der Waals surface area contributed by atoms with Crippen molar-refractivity contribution in [2.45, 2.75) is 13.5 Å². The number of thiazole rings is 1. The van der Waals surface area contributed by atoms with Crippen LogP contribution in [0.4, 0.5) is 0 Å². The van der Waals surface area contributed by atoms with Gasteiger partial charge in [-0.05, 0) is 6.92 Å². The van der Waals surface area contributed by atoms with Gasteiger partial charge < -0.3 is 9.67 Å². The predicted molar refractivity (Wildman–Crippen MR) is 55.1 cm³/mol. The van der Waals surface area contributed by atoms with Crippen molar-refractivity contribution in [3.05, 3.63) is 34.3 Å². The van der Waals surface area contributed by atoms with E-state index < -0.39 is 5.97 Å². The minimum absolute atomic E-state index is 0.104. The van der Waals surface area contributed by atoms with E-state index in [1.807, 2.05) is 17.7 Å². The Morgan fingerprint density at radius 2 is 2.47 bits per heavy atom. The predicted octanol–water partition coefficient (Wildman–Crippen LogP) is 1.39. The normalized spacial score (nSPS) is 10.5. The van der Waals surface area contributed by atoms with Gasteiger partial charge in [0, 0.05) is 17.8 Å². The fraction of sp³-hybridized carbons (Fsp3) is 0.222. The standard InChI is InChI=1S/C9H9N3O2S/c1-6-10-2-3-12(6)4-8-11-7(5-15-8)9(13)14/h2-3,5H,4H2,1H3,(H,13,14). The molecule has 0 aliphatic heterocycles. The molecule has 0 saturated carbocycles. The van der Waals surface area contributed by atoms with Crippen LogP contribution in [0.25, 0.3) is 0 Å². The van der Waals surface area contributed by atoms with E-state index in [0.717, 1.165) is 10.8 Å². The summed E-state index contributed by atoms with van der Waals surface area (Å²) >= 11 is 1.34. The first kappa shape index (κ1) is 9.85. The minimum Gasteiger partial charge on any atom is -0.476 e. The Kier molecular flexibility index (Phi) is 2.51. The quantitative estimate of drug-likeness (QED) is 0.853. The van der Waals surface area contributed by atoms with Crippen LogP contribution >= 0.6 is 11.3 Å². The van der Waals surface area contributed by atoms with Gasteiger partial charge in [0.15, 0.2) is 5.69 Å². The van der Waals surface area contributed by atoms with Crippen LogP contribution in [-0.2, 0) is 6.54 Å². The molecule has 0 aliphatic rings. The van der Waals surface area contributed by atoms with E-state index in [1.54, 1.807) is 11.6 Å². The summed E-state index contributed by atoms with van der Waals surface area (Å²) in [5.41, 5.74) is 0.104. The van der Waals surface area contributed by atoms with Gasteiger partial charge >= 0.3 is 5.97 Å². The molecule has 0 amide bonds. The highest BCUT2D eigenvalue weighted by atomic mass is 32.1. The largest absolute Gasteiger partial charge is 0.476 e. The Hall–Kier alpha value is -1.69. The van der Waals surface area contributed by atoms with Gasteiger partial charge in [-0.25, -0.2) is 14.8 Å². The number of hydrogen-bond acceptors (Lipinski definition) is 4. The van der Waals surface area contributed by atoms with E-state index in [9.17, 15) is 4.79 Å². The molecular formula is C9H9N3O2S. The third kappa shape index (κ3) is 2.04. The average Bonchev–Trinajstić information content (AvgIpc) is 2.77. The summed E-state index contributed by atoms with van der Waals surface area (Å²) in [5.74, 6) is -0.0954. The number of nitrogens with zero attached hydrogens (tertiary/aromatic N) is 3. The van der Waals surface area contributed by atoms with Gasteiger partial charge in [0.05, 0.1) is 6.54 Å². The Morgan fingerprint density at radius 1 is 1.67 bits per heavy atom. The van der Waals surface area contributed by atoms with Crippen LogP contribution in [0.1, 0.15) is 21.3 Å². The molecule has 1 N–H and O–H groups in total. The molecule has 2 heterocycles. The fourth-order valence-electron chi connectivity index (χ4n) is 1.20. The second kappa shape index (κ2) is 3.82. The Balaban J connectivity index is 2.18. The summed E-state index contributed by atoms with van der Waals surface area (Å²) in [6, 6.07) is 0. The number of carboxylic acid groups (broad SMARTS) is 1. The zero-order chi connectivity index (χ0) is 10.8. The maximum Gasteiger partial charge on any atom is 0.355 e. The third-order valence-electron chi connectivity index (χ3n) is 2.00. The van der Waals surface area contributed by atoms with Gasteiger partial charge in [0.25, 0.3) is 0 Å². The molecule has 15 heavy (non-hydrogen) atoms. The number of imidazole rings is 1. The number of aryl methyl sites for hydroxylation is 1. The molecule has 0 atom stereocenters. The van der Waals surface area contributed by atoms with Gasteiger partial charge in [0.1, 0.15) is 10.8 Å². The number of aromatic nitrogens is 3. The SMILES string of the molecule is Cc1nccn1Cc1nc(C(=O)O)cs1. The van der Waals surface area contributed by atoms with Crippen molar-refractivity contribution in [2.75, 3.05) is 0 Å². The zero-order valence-corrected chi connectivity index (χ0v) is 8.86. The topological polar surface area (TPSA) is 68.0 Å².